The summed E-state index contributed by atoms with van der Waals surface area (Å²) >= 11 is 5.32. The van der Waals surface area contributed by atoms with Gasteiger partial charge < -0.3 is 4.74 Å². The van der Waals surface area contributed by atoms with Crippen LogP contribution in [0.4, 0.5) is 0 Å². The molecule has 0 atom stereocenters. The quantitative estimate of drug-likeness (QED) is 0.369. The van der Waals surface area contributed by atoms with Crippen molar-refractivity contribution < 1.29 is 4.74 Å². The molecule has 0 radical (unpaired) electrons. The molecule has 0 spiro atoms. The number of hydrogen-bond donors (Lipinski definition) is 1. The highest BCUT2D eigenvalue weighted by Crippen LogP contribution is 2.15. The van der Waals surface area contributed by atoms with E-state index >= 15 is 0 Å². The Kier molecular flexibility index (Phi) is 5.58. The third-order valence-electron chi connectivity index (χ3n) is 4.56. The third kappa shape index (κ3) is 4.38. The summed E-state index contributed by atoms with van der Waals surface area (Å²) in [5.41, 5.74) is 5.14. The molecule has 152 valence electrons. The highest BCUT2D eigenvalue weighted by molar-refractivity contribution is 7.71. The van der Waals surface area contributed by atoms with Crippen molar-refractivity contribution in [2.75, 3.05) is 0 Å². The van der Waals surface area contributed by atoms with Crippen LogP contribution in [-0.2, 0) is 6.61 Å². The number of ether oxygens (including phenoxy) is 1. The summed E-state index contributed by atoms with van der Waals surface area (Å²) in [4.78, 5) is 0. The maximum atomic E-state index is 5.86. The fraction of sp³-hybridized carbons (Fsp3) is 0.182. The van der Waals surface area contributed by atoms with Crippen molar-refractivity contribution in [2.45, 2.75) is 27.4 Å². The Balaban J connectivity index is 1.47. The van der Waals surface area contributed by atoms with Crippen LogP contribution in [0.5, 0.6) is 5.75 Å². The Morgan fingerprint density at radius 3 is 2.47 bits per heavy atom. The second kappa shape index (κ2) is 8.46. The SMILES string of the molecule is Cc1ccc(COc2ccc(/C=N\n3c(-n4nc(C)cc4C)n[nH]c3=S)cc2)cc1. The molecule has 0 saturated carbocycles. The molecule has 2 aromatic carbocycles. The molecule has 0 amide bonds. The first-order chi connectivity index (χ1) is 14.5. The molecular weight excluding hydrogens is 396 g/mol. The largest absolute Gasteiger partial charge is 0.489 e. The Labute approximate surface area is 179 Å². The molecule has 0 unspecified atom stereocenters. The normalized spacial score (nSPS) is 11.3. The van der Waals surface area contributed by atoms with Crippen LogP contribution in [0.1, 0.15) is 28.1 Å². The number of aromatic nitrogens is 5. The lowest BCUT2D eigenvalue weighted by molar-refractivity contribution is 0.306. The number of H-pyrrole nitrogens is 1. The van der Waals surface area contributed by atoms with E-state index in [0.717, 1.165) is 28.3 Å². The average Bonchev–Trinajstić information content (AvgIpc) is 3.27. The standard InChI is InChI=1S/C22H22N6OS/c1-15-4-6-19(7-5-15)14-29-20-10-8-18(9-11-20)13-23-28-21(24-25-22(28)30)27-17(3)12-16(2)26-27/h4-13H,14H2,1-3H3,(H,25,30)/b23-13-. The average molecular weight is 419 g/mol. The number of benzene rings is 2. The van der Waals surface area contributed by atoms with Crippen molar-refractivity contribution in [3.05, 3.63) is 87.4 Å². The van der Waals surface area contributed by atoms with Crippen molar-refractivity contribution in [3.8, 4) is 11.7 Å². The third-order valence-corrected chi connectivity index (χ3v) is 4.83. The minimum absolute atomic E-state index is 0.395. The van der Waals surface area contributed by atoms with Crippen LogP contribution in [0, 0.1) is 25.5 Å². The molecule has 0 aliphatic rings. The van der Waals surface area contributed by atoms with Crippen molar-refractivity contribution in [3.63, 3.8) is 0 Å². The Morgan fingerprint density at radius 2 is 1.80 bits per heavy atom. The molecule has 1 N–H and O–H groups in total. The zero-order chi connectivity index (χ0) is 21.1. The Hall–Kier alpha value is -3.52. The van der Waals surface area contributed by atoms with Gasteiger partial charge in [0.05, 0.1) is 11.9 Å². The van der Waals surface area contributed by atoms with Gasteiger partial charge in [-0.1, -0.05) is 29.8 Å². The van der Waals surface area contributed by atoms with E-state index in [-0.39, 0.29) is 0 Å². The predicted octanol–water partition coefficient (Wildman–Crippen LogP) is 4.51. The van der Waals surface area contributed by atoms with Gasteiger partial charge in [-0.15, -0.1) is 5.10 Å². The van der Waals surface area contributed by atoms with Crippen LogP contribution in [0.3, 0.4) is 0 Å². The fourth-order valence-corrected chi connectivity index (χ4v) is 3.16. The van der Waals surface area contributed by atoms with Gasteiger partial charge in [-0.25, -0.2) is 9.78 Å². The molecule has 0 fully saturated rings. The van der Waals surface area contributed by atoms with Crippen molar-refractivity contribution >= 4 is 18.4 Å². The molecule has 0 aliphatic heterocycles. The van der Waals surface area contributed by atoms with E-state index in [4.69, 9.17) is 17.0 Å². The van der Waals surface area contributed by atoms with Gasteiger partial charge in [-0.3, -0.25) is 0 Å². The van der Waals surface area contributed by atoms with Gasteiger partial charge in [-0.2, -0.15) is 14.9 Å². The first-order valence-corrected chi connectivity index (χ1v) is 9.94. The van der Waals surface area contributed by atoms with E-state index < -0.39 is 0 Å². The van der Waals surface area contributed by atoms with Gasteiger partial charge in [0.25, 0.3) is 5.95 Å². The second-order valence-electron chi connectivity index (χ2n) is 7.07. The summed E-state index contributed by atoms with van der Waals surface area (Å²) in [5, 5.41) is 16.0. The van der Waals surface area contributed by atoms with Crippen LogP contribution in [-0.4, -0.2) is 30.9 Å². The van der Waals surface area contributed by atoms with Gasteiger partial charge in [0.15, 0.2) is 0 Å². The van der Waals surface area contributed by atoms with Gasteiger partial charge in [0, 0.05) is 5.69 Å². The molecule has 0 bridgehead atoms. The van der Waals surface area contributed by atoms with Crippen molar-refractivity contribution in [1.29, 1.82) is 0 Å². The predicted molar refractivity (Wildman–Crippen MR) is 119 cm³/mol. The smallest absolute Gasteiger partial charge is 0.271 e. The number of aromatic amines is 1. The zero-order valence-electron chi connectivity index (χ0n) is 17.0. The first-order valence-electron chi connectivity index (χ1n) is 9.53. The highest BCUT2D eigenvalue weighted by atomic mass is 32.1. The summed E-state index contributed by atoms with van der Waals surface area (Å²) in [5.74, 6) is 1.32. The highest BCUT2D eigenvalue weighted by Gasteiger charge is 2.11. The summed E-state index contributed by atoms with van der Waals surface area (Å²) in [6.45, 7) is 6.49. The topological polar surface area (TPSA) is 73.0 Å². The van der Waals surface area contributed by atoms with E-state index in [0.29, 0.717) is 17.3 Å². The summed E-state index contributed by atoms with van der Waals surface area (Å²) in [6.07, 6.45) is 1.73. The van der Waals surface area contributed by atoms with Crippen molar-refractivity contribution in [2.24, 2.45) is 5.10 Å². The molecule has 8 heteroatoms. The summed E-state index contributed by atoms with van der Waals surface area (Å²) in [7, 11) is 0. The maximum Gasteiger partial charge on any atom is 0.271 e. The van der Waals surface area contributed by atoms with E-state index in [2.05, 4.69) is 51.6 Å². The molecule has 2 aromatic heterocycles. The van der Waals surface area contributed by atoms with Crippen LogP contribution in [0.15, 0.2) is 59.7 Å². The van der Waals surface area contributed by atoms with Crippen LogP contribution in [0.2, 0.25) is 0 Å². The minimum atomic E-state index is 0.395. The summed E-state index contributed by atoms with van der Waals surface area (Å²) < 4.78 is 9.51. The lowest BCUT2D eigenvalue weighted by Crippen LogP contribution is -2.07. The van der Waals surface area contributed by atoms with Gasteiger partial charge >= 0.3 is 0 Å². The van der Waals surface area contributed by atoms with E-state index in [1.54, 1.807) is 15.6 Å². The van der Waals surface area contributed by atoms with Crippen LogP contribution >= 0.6 is 12.2 Å². The van der Waals surface area contributed by atoms with Gasteiger partial charge in [0.2, 0.25) is 4.77 Å². The van der Waals surface area contributed by atoms with Gasteiger partial charge in [-0.05, 0) is 74.4 Å². The Morgan fingerprint density at radius 1 is 1.07 bits per heavy atom. The lowest BCUT2D eigenvalue weighted by Gasteiger charge is -2.07. The van der Waals surface area contributed by atoms with Crippen LogP contribution in [0.25, 0.3) is 5.95 Å². The molecule has 2 heterocycles. The molecule has 0 saturated heterocycles. The number of nitrogens with zero attached hydrogens (tertiary/aromatic N) is 5. The minimum Gasteiger partial charge on any atom is -0.489 e. The first kappa shape index (κ1) is 19.8. The molecular formula is C22H22N6OS. The number of aryl methyl sites for hydroxylation is 3. The monoisotopic (exact) mass is 418 g/mol. The second-order valence-corrected chi connectivity index (χ2v) is 7.45. The fourth-order valence-electron chi connectivity index (χ4n) is 2.98. The number of hydrogen-bond acceptors (Lipinski definition) is 5. The van der Waals surface area contributed by atoms with E-state index in [1.165, 1.54) is 5.56 Å². The lowest BCUT2D eigenvalue weighted by atomic mass is 10.2. The summed E-state index contributed by atoms with van der Waals surface area (Å²) in [6, 6.07) is 18.0. The van der Waals surface area contributed by atoms with E-state index in [1.807, 2.05) is 44.2 Å². The van der Waals surface area contributed by atoms with Crippen molar-refractivity contribution in [1.82, 2.24) is 24.7 Å². The molecule has 7 nitrogen and oxygen atoms in total. The Bertz CT molecular complexity index is 1230. The molecule has 4 aromatic rings. The molecule has 4 rings (SSSR count). The number of nitrogens with one attached hydrogen (secondary N) is 1. The molecule has 0 aliphatic carbocycles. The van der Waals surface area contributed by atoms with Gasteiger partial charge in [0.1, 0.15) is 12.4 Å². The van der Waals surface area contributed by atoms with E-state index in [9.17, 15) is 0 Å². The maximum absolute atomic E-state index is 5.86. The zero-order valence-corrected chi connectivity index (χ0v) is 17.8. The number of rotatable bonds is 6. The van der Waals surface area contributed by atoms with Crippen LogP contribution < -0.4 is 4.74 Å². The molecule has 30 heavy (non-hydrogen) atoms.